The molecule has 0 aliphatic carbocycles. The van der Waals surface area contributed by atoms with Gasteiger partial charge in [0.1, 0.15) is 0 Å². The van der Waals surface area contributed by atoms with Gasteiger partial charge in [-0.25, -0.2) is 13.6 Å². The van der Waals surface area contributed by atoms with Gasteiger partial charge in [0.2, 0.25) is 0 Å². The summed E-state index contributed by atoms with van der Waals surface area (Å²) in [6, 6.07) is 1.30. The molecule has 1 rings (SSSR count). The van der Waals surface area contributed by atoms with Crippen LogP contribution >= 0.6 is 11.6 Å². The second-order valence-corrected chi connectivity index (χ2v) is 4.10. The fraction of sp³-hybridized carbons (Fsp3) is 0.333. The molecule has 1 atom stereocenters. The standard InChI is InChI=1S/C12H12ClF2NO3/c1-3-16-11(17)6(2)19-12(18)7-4-9(14)10(15)5-8(7)13/h4-6H,3H2,1-2H3,(H,16,17)/t6-/m0/s1. The van der Waals surface area contributed by atoms with E-state index in [9.17, 15) is 18.4 Å². The van der Waals surface area contributed by atoms with E-state index in [-0.39, 0.29) is 10.6 Å². The van der Waals surface area contributed by atoms with Crippen LogP contribution in [0, 0.1) is 11.6 Å². The molecule has 0 saturated carbocycles. The summed E-state index contributed by atoms with van der Waals surface area (Å²) in [5, 5.41) is 2.17. The van der Waals surface area contributed by atoms with Crippen molar-refractivity contribution in [3.8, 4) is 0 Å². The smallest absolute Gasteiger partial charge is 0.340 e. The van der Waals surface area contributed by atoms with Gasteiger partial charge in [-0.05, 0) is 26.0 Å². The van der Waals surface area contributed by atoms with Crippen molar-refractivity contribution in [2.24, 2.45) is 0 Å². The second-order valence-electron chi connectivity index (χ2n) is 3.69. The minimum Gasteiger partial charge on any atom is -0.449 e. The summed E-state index contributed by atoms with van der Waals surface area (Å²) in [4.78, 5) is 23.0. The third-order valence-electron chi connectivity index (χ3n) is 2.23. The van der Waals surface area contributed by atoms with Crippen molar-refractivity contribution >= 4 is 23.5 Å². The molecule has 1 amide bonds. The van der Waals surface area contributed by atoms with Crippen LogP contribution in [0.2, 0.25) is 5.02 Å². The lowest BCUT2D eigenvalue weighted by Crippen LogP contribution is -2.35. The first kappa shape index (κ1) is 15.4. The lowest BCUT2D eigenvalue weighted by molar-refractivity contribution is -0.128. The summed E-state index contributed by atoms with van der Waals surface area (Å²) < 4.78 is 30.7. The van der Waals surface area contributed by atoms with Gasteiger partial charge in [-0.1, -0.05) is 11.6 Å². The zero-order valence-corrected chi connectivity index (χ0v) is 11.1. The van der Waals surface area contributed by atoms with E-state index in [1.807, 2.05) is 0 Å². The van der Waals surface area contributed by atoms with Crippen LogP contribution in [0.15, 0.2) is 12.1 Å². The van der Waals surface area contributed by atoms with Gasteiger partial charge in [-0.2, -0.15) is 0 Å². The molecule has 4 nitrogen and oxygen atoms in total. The second kappa shape index (κ2) is 6.47. The van der Waals surface area contributed by atoms with Gasteiger partial charge < -0.3 is 10.1 Å². The molecule has 0 spiro atoms. The molecule has 0 radical (unpaired) electrons. The minimum atomic E-state index is -1.22. The number of carbonyl (C=O) groups is 2. The fourth-order valence-corrected chi connectivity index (χ4v) is 1.50. The molecule has 0 saturated heterocycles. The van der Waals surface area contributed by atoms with Crippen molar-refractivity contribution in [2.45, 2.75) is 20.0 Å². The van der Waals surface area contributed by atoms with E-state index in [1.54, 1.807) is 6.92 Å². The molecule has 7 heteroatoms. The molecule has 1 N–H and O–H groups in total. The monoisotopic (exact) mass is 291 g/mol. The van der Waals surface area contributed by atoms with Crippen molar-refractivity contribution in [3.05, 3.63) is 34.4 Å². The Balaban J connectivity index is 2.84. The van der Waals surface area contributed by atoms with E-state index in [2.05, 4.69) is 5.32 Å². The highest BCUT2D eigenvalue weighted by Crippen LogP contribution is 2.21. The first-order valence-electron chi connectivity index (χ1n) is 5.50. The van der Waals surface area contributed by atoms with Crippen molar-refractivity contribution in [2.75, 3.05) is 6.54 Å². The van der Waals surface area contributed by atoms with Crippen LogP contribution in [-0.4, -0.2) is 24.5 Å². The molecule has 0 aliphatic rings. The van der Waals surface area contributed by atoms with Crippen LogP contribution in [0.4, 0.5) is 8.78 Å². The number of esters is 1. The molecule has 104 valence electrons. The predicted octanol–water partition coefficient (Wildman–Crippen LogP) is 2.30. The third-order valence-corrected chi connectivity index (χ3v) is 2.55. The Morgan fingerprint density at radius 2 is 1.95 bits per heavy atom. The molecule has 19 heavy (non-hydrogen) atoms. The zero-order chi connectivity index (χ0) is 14.6. The van der Waals surface area contributed by atoms with E-state index in [0.29, 0.717) is 18.7 Å². The van der Waals surface area contributed by atoms with E-state index >= 15 is 0 Å². The molecule has 0 aromatic heterocycles. The molecule has 0 bridgehead atoms. The SMILES string of the molecule is CCNC(=O)[C@H](C)OC(=O)c1cc(F)c(F)cc1Cl. The number of halogens is 3. The molecule has 0 unspecified atom stereocenters. The number of benzene rings is 1. The predicted molar refractivity (Wildman–Crippen MR) is 64.9 cm³/mol. The van der Waals surface area contributed by atoms with Gasteiger partial charge in [0.05, 0.1) is 10.6 Å². The minimum absolute atomic E-state index is 0.285. The Labute approximate surface area is 113 Å². The molecule has 1 aromatic rings. The number of likely N-dealkylation sites (N-methyl/N-ethyl adjacent to an activating group) is 1. The topological polar surface area (TPSA) is 55.4 Å². The maximum absolute atomic E-state index is 13.0. The number of rotatable bonds is 4. The number of hydrogen-bond acceptors (Lipinski definition) is 3. The third kappa shape index (κ3) is 3.89. The highest BCUT2D eigenvalue weighted by Gasteiger charge is 2.21. The van der Waals surface area contributed by atoms with Gasteiger partial charge in [-0.3, -0.25) is 4.79 Å². The van der Waals surface area contributed by atoms with Gasteiger partial charge in [0.25, 0.3) is 5.91 Å². The van der Waals surface area contributed by atoms with Gasteiger partial charge in [0, 0.05) is 6.54 Å². The average molecular weight is 292 g/mol. The summed E-state index contributed by atoms with van der Waals surface area (Å²) in [6.07, 6.45) is -1.06. The van der Waals surface area contributed by atoms with E-state index in [1.165, 1.54) is 6.92 Å². The fourth-order valence-electron chi connectivity index (χ4n) is 1.27. The van der Waals surface area contributed by atoms with E-state index in [0.717, 1.165) is 0 Å². The molecule has 0 heterocycles. The summed E-state index contributed by atoms with van der Waals surface area (Å²) >= 11 is 5.61. The molecule has 0 fully saturated rings. The Morgan fingerprint density at radius 1 is 1.37 bits per heavy atom. The molecule has 1 aromatic carbocycles. The lowest BCUT2D eigenvalue weighted by atomic mass is 10.2. The Kier molecular flexibility index (Phi) is 5.23. The van der Waals surface area contributed by atoms with Crippen LogP contribution in [0.5, 0.6) is 0 Å². The molecule has 0 aliphatic heterocycles. The van der Waals surface area contributed by atoms with Crippen molar-refractivity contribution in [1.29, 1.82) is 0 Å². The normalized spacial score (nSPS) is 11.8. The summed E-state index contributed by atoms with van der Waals surface area (Å²) in [5.41, 5.74) is -0.336. The summed E-state index contributed by atoms with van der Waals surface area (Å²) in [5.74, 6) is -3.88. The average Bonchev–Trinajstić information content (AvgIpc) is 2.33. The van der Waals surface area contributed by atoms with E-state index in [4.69, 9.17) is 16.3 Å². The highest BCUT2D eigenvalue weighted by atomic mass is 35.5. The Hall–Kier alpha value is -1.69. The first-order valence-corrected chi connectivity index (χ1v) is 5.87. The van der Waals surface area contributed by atoms with Gasteiger partial charge >= 0.3 is 5.97 Å². The van der Waals surface area contributed by atoms with Crippen molar-refractivity contribution in [3.63, 3.8) is 0 Å². The van der Waals surface area contributed by atoms with Crippen molar-refractivity contribution in [1.82, 2.24) is 5.32 Å². The van der Waals surface area contributed by atoms with Crippen LogP contribution < -0.4 is 5.32 Å². The van der Waals surface area contributed by atoms with Crippen LogP contribution in [-0.2, 0) is 9.53 Å². The lowest BCUT2D eigenvalue weighted by Gasteiger charge is -2.13. The largest absolute Gasteiger partial charge is 0.449 e. The number of hydrogen-bond donors (Lipinski definition) is 1. The molecular weight excluding hydrogens is 280 g/mol. The summed E-state index contributed by atoms with van der Waals surface area (Å²) in [7, 11) is 0. The Morgan fingerprint density at radius 3 is 2.53 bits per heavy atom. The van der Waals surface area contributed by atoms with Crippen LogP contribution in [0.25, 0.3) is 0 Å². The maximum Gasteiger partial charge on any atom is 0.340 e. The maximum atomic E-state index is 13.0. The first-order chi connectivity index (χ1) is 8.86. The van der Waals surface area contributed by atoms with E-state index < -0.39 is 29.6 Å². The number of ether oxygens (including phenoxy) is 1. The Bertz CT molecular complexity index is 508. The summed E-state index contributed by atoms with van der Waals surface area (Å²) in [6.45, 7) is 3.45. The van der Waals surface area contributed by atoms with Gasteiger partial charge in [0.15, 0.2) is 17.7 Å². The van der Waals surface area contributed by atoms with Gasteiger partial charge in [-0.15, -0.1) is 0 Å². The quantitative estimate of drug-likeness (QED) is 0.684. The molecular formula is C12H12ClF2NO3. The number of amides is 1. The van der Waals surface area contributed by atoms with Crippen LogP contribution in [0.3, 0.4) is 0 Å². The zero-order valence-electron chi connectivity index (χ0n) is 10.3. The van der Waals surface area contributed by atoms with Crippen LogP contribution in [0.1, 0.15) is 24.2 Å². The highest BCUT2D eigenvalue weighted by molar-refractivity contribution is 6.33. The number of nitrogens with one attached hydrogen (secondary N) is 1. The number of carbonyl (C=O) groups excluding carboxylic acids is 2. The van der Waals surface area contributed by atoms with Crippen molar-refractivity contribution < 1.29 is 23.1 Å².